The normalized spacial score (nSPS) is 11.8. The van der Waals surface area contributed by atoms with Gasteiger partial charge in [0.15, 0.2) is 0 Å². The second-order valence-electron chi connectivity index (χ2n) is 2.83. The molecule has 1 heteroatoms. The van der Waals surface area contributed by atoms with Crippen LogP contribution in [0.15, 0.2) is 24.3 Å². The van der Waals surface area contributed by atoms with Gasteiger partial charge in [0.2, 0.25) is 0 Å². The van der Waals surface area contributed by atoms with E-state index in [1.54, 1.807) is 0 Å². The molecule has 0 aromatic heterocycles. The highest BCUT2D eigenvalue weighted by molar-refractivity contribution is 9.09. The lowest BCUT2D eigenvalue weighted by atomic mass is 10.2. The van der Waals surface area contributed by atoms with Crippen molar-refractivity contribution in [2.24, 2.45) is 0 Å². The van der Waals surface area contributed by atoms with Gasteiger partial charge in [0, 0.05) is 5.33 Å². The molecule has 0 unspecified atom stereocenters. The van der Waals surface area contributed by atoms with Crippen LogP contribution in [0.2, 0.25) is 0 Å². The van der Waals surface area contributed by atoms with E-state index in [0.717, 1.165) is 11.8 Å². The molecule has 0 rings (SSSR count). The van der Waals surface area contributed by atoms with Crippen molar-refractivity contribution in [3.05, 3.63) is 24.3 Å². The van der Waals surface area contributed by atoms with Crippen molar-refractivity contribution >= 4 is 15.9 Å². The fourth-order valence-corrected chi connectivity index (χ4v) is 1.23. The first-order chi connectivity index (χ1) is 5.91. The van der Waals surface area contributed by atoms with E-state index in [2.05, 4.69) is 47.2 Å². The molecule has 0 heterocycles. The Bertz CT molecular complexity index is 125. The van der Waals surface area contributed by atoms with Gasteiger partial charge < -0.3 is 0 Å². The smallest absolute Gasteiger partial charge is 0.0212 e. The Morgan fingerprint density at radius 2 is 1.75 bits per heavy atom. The molecule has 0 amide bonds. The number of hydrogen-bond donors (Lipinski definition) is 0. The summed E-state index contributed by atoms with van der Waals surface area (Å²) in [6.45, 7) is 2.24. The van der Waals surface area contributed by atoms with Gasteiger partial charge in [-0.3, -0.25) is 0 Å². The van der Waals surface area contributed by atoms with E-state index in [1.807, 2.05) is 0 Å². The fourth-order valence-electron chi connectivity index (χ4n) is 0.964. The summed E-state index contributed by atoms with van der Waals surface area (Å²) in [5.74, 6) is 0. The topological polar surface area (TPSA) is 0 Å². The second kappa shape index (κ2) is 11.0. The molecule has 0 radical (unpaired) electrons. The number of rotatable bonds is 7. The Balaban J connectivity index is 3.08. The molecular weight excluding hydrogens is 212 g/mol. The predicted molar refractivity (Wildman–Crippen MR) is 60.8 cm³/mol. The van der Waals surface area contributed by atoms with Crippen molar-refractivity contribution in [3.8, 4) is 0 Å². The first kappa shape index (κ1) is 12.0. The van der Waals surface area contributed by atoms with Crippen LogP contribution in [-0.4, -0.2) is 5.33 Å². The summed E-state index contributed by atoms with van der Waals surface area (Å²) < 4.78 is 0. The van der Waals surface area contributed by atoms with Crippen LogP contribution in [0.1, 0.15) is 39.0 Å². The van der Waals surface area contributed by atoms with Crippen molar-refractivity contribution in [1.82, 2.24) is 0 Å². The minimum absolute atomic E-state index is 0.969. The predicted octanol–water partition coefficient (Wildman–Crippen LogP) is 4.46. The van der Waals surface area contributed by atoms with Gasteiger partial charge >= 0.3 is 0 Å². The van der Waals surface area contributed by atoms with Crippen LogP contribution in [-0.2, 0) is 0 Å². The monoisotopic (exact) mass is 230 g/mol. The highest BCUT2D eigenvalue weighted by Gasteiger charge is 1.80. The van der Waals surface area contributed by atoms with Crippen molar-refractivity contribution in [2.75, 3.05) is 5.33 Å². The van der Waals surface area contributed by atoms with Crippen molar-refractivity contribution in [1.29, 1.82) is 0 Å². The van der Waals surface area contributed by atoms with E-state index < -0.39 is 0 Å². The Labute approximate surface area is 84.9 Å². The van der Waals surface area contributed by atoms with Gasteiger partial charge in [-0.05, 0) is 19.3 Å². The van der Waals surface area contributed by atoms with Gasteiger partial charge in [-0.2, -0.15) is 0 Å². The van der Waals surface area contributed by atoms with Gasteiger partial charge in [0.25, 0.3) is 0 Å². The van der Waals surface area contributed by atoms with Crippen molar-refractivity contribution < 1.29 is 0 Å². The number of alkyl halides is 1. The number of unbranched alkanes of at least 4 members (excludes halogenated alkanes) is 3. The number of hydrogen-bond acceptors (Lipinski definition) is 0. The van der Waals surface area contributed by atoms with Gasteiger partial charge in [-0.25, -0.2) is 0 Å². The first-order valence-electron chi connectivity index (χ1n) is 4.77. The van der Waals surface area contributed by atoms with Crippen LogP contribution in [0, 0.1) is 0 Å². The lowest BCUT2D eigenvalue weighted by molar-refractivity contribution is 0.728. The maximum absolute atomic E-state index is 3.34. The van der Waals surface area contributed by atoms with Crippen LogP contribution < -0.4 is 0 Å². The van der Waals surface area contributed by atoms with Crippen LogP contribution >= 0.6 is 15.9 Å². The highest BCUT2D eigenvalue weighted by Crippen LogP contribution is 2.00. The number of halogens is 1. The van der Waals surface area contributed by atoms with Gasteiger partial charge in [0.1, 0.15) is 0 Å². The molecule has 0 aliphatic heterocycles. The van der Waals surface area contributed by atoms with E-state index in [9.17, 15) is 0 Å². The van der Waals surface area contributed by atoms with Crippen LogP contribution in [0.5, 0.6) is 0 Å². The summed E-state index contributed by atoms with van der Waals surface area (Å²) >= 11 is 3.34. The average molecular weight is 231 g/mol. The molecule has 0 nitrogen and oxygen atoms in total. The Morgan fingerprint density at radius 1 is 1.00 bits per heavy atom. The third-order valence-corrected chi connectivity index (χ3v) is 2.04. The maximum atomic E-state index is 3.34. The Kier molecular flexibility index (Phi) is 10.9. The van der Waals surface area contributed by atoms with Crippen LogP contribution in [0.25, 0.3) is 0 Å². The summed E-state index contributed by atoms with van der Waals surface area (Å²) in [7, 11) is 0. The quantitative estimate of drug-likeness (QED) is 0.344. The zero-order valence-electron chi connectivity index (χ0n) is 7.93. The molecule has 0 spiro atoms. The average Bonchev–Trinajstić information content (AvgIpc) is 2.10. The Morgan fingerprint density at radius 3 is 2.42 bits per heavy atom. The molecule has 0 N–H and O–H groups in total. The zero-order valence-corrected chi connectivity index (χ0v) is 9.52. The van der Waals surface area contributed by atoms with Crippen LogP contribution in [0.4, 0.5) is 0 Å². The SMILES string of the molecule is CCCCCC=CCC=CCBr. The standard InChI is InChI=1S/C11H19Br/c1-2-3-4-5-6-7-8-9-10-11-12/h6-7,9-10H,2-5,8,11H2,1H3. The minimum Gasteiger partial charge on any atom is -0.0883 e. The molecule has 0 saturated carbocycles. The molecule has 0 aliphatic carbocycles. The maximum Gasteiger partial charge on any atom is 0.0212 e. The zero-order chi connectivity index (χ0) is 9.07. The summed E-state index contributed by atoms with van der Waals surface area (Å²) in [5.41, 5.74) is 0. The molecule has 0 saturated heterocycles. The molecular formula is C11H19Br. The third kappa shape index (κ3) is 9.96. The summed E-state index contributed by atoms with van der Waals surface area (Å²) in [6, 6.07) is 0. The molecule has 70 valence electrons. The van der Waals surface area contributed by atoms with E-state index in [4.69, 9.17) is 0 Å². The van der Waals surface area contributed by atoms with Gasteiger partial charge in [-0.15, -0.1) is 0 Å². The Hall–Kier alpha value is -0.0400. The first-order valence-corrected chi connectivity index (χ1v) is 5.90. The lowest BCUT2D eigenvalue weighted by Crippen LogP contribution is -1.70. The third-order valence-electron chi connectivity index (χ3n) is 1.67. The molecule has 0 fully saturated rings. The molecule has 0 aromatic carbocycles. The molecule has 12 heavy (non-hydrogen) atoms. The molecule has 0 aliphatic rings. The molecule has 0 aromatic rings. The summed E-state index contributed by atoms with van der Waals surface area (Å²) in [4.78, 5) is 0. The van der Waals surface area contributed by atoms with Crippen LogP contribution in [0.3, 0.4) is 0 Å². The fraction of sp³-hybridized carbons (Fsp3) is 0.636. The van der Waals surface area contributed by atoms with E-state index in [-0.39, 0.29) is 0 Å². The molecule has 0 atom stereocenters. The lowest BCUT2D eigenvalue weighted by Gasteiger charge is -1.90. The summed E-state index contributed by atoms with van der Waals surface area (Å²) in [5, 5.41) is 0.969. The largest absolute Gasteiger partial charge is 0.0883 e. The summed E-state index contributed by atoms with van der Waals surface area (Å²) in [6.07, 6.45) is 15.2. The van der Waals surface area contributed by atoms with Gasteiger partial charge in [0.05, 0.1) is 0 Å². The molecule has 0 bridgehead atoms. The number of allylic oxidation sites excluding steroid dienone is 4. The van der Waals surface area contributed by atoms with E-state index in [1.165, 1.54) is 25.7 Å². The minimum atomic E-state index is 0.969. The van der Waals surface area contributed by atoms with Crippen molar-refractivity contribution in [3.63, 3.8) is 0 Å². The van der Waals surface area contributed by atoms with Gasteiger partial charge in [-0.1, -0.05) is 60.0 Å². The second-order valence-corrected chi connectivity index (χ2v) is 3.48. The van der Waals surface area contributed by atoms with Crippen molar-refractivity contribution in [2.45, 2.75) is 39.0 Å². The van der Waals surface area contributed by atoms with E-state index in [0.29, 0.717) is 0 Å². The van der Waals surface area contributed by atoms with E-state index >= 15 is 0 Å². The highest BCUT2D eigenvalue weighted by atomic mass is 79.9.